The Morgan fingerprint density at radius 1 is 1.40 bits per heavy atom. The van der Waals surface area contributed by atoms with Crippen molar-refractivity contribution in [3.05, 3.63) is 11.8 Å². The average molecular weight is 207 g/mol. The summed E-state index contributed by atoms with van der Waals surface area (Å²) in [4.78, 5) is 0. The SMILES string of the molecule is CCC1CCC(n2nc(N)cc2C)CC1. The van der Waals surface area contributed by atoms with Crippen molar-refractivity contribution in [1.29, 1.82) is 0 Å². The summed E-state index contributed by atoms with van der Waals surface area (Å²) >= 11 is 0. The van der Waals surface area contributed by atoms with Crippen LogP contribution in [-0.4, -0.2) is 9.78 Å². The van der Waals surface area contributed by atoms with Gasteiger partial charge in [0.1, 0.15) is 5.82 Å². The maximum atomic E-state index is 5.71. The van der Waals surface area contributed by atoms with E-state index in [9.17, 15) is 0 Å². The Labute approximate surface area is 91.7 Å². The Morgan fingerprint density at radius 3 is 2.53 bits per heavy atom. The quantitative estimate of drug-likeness (QED) is 0.810. The van der Waals surface area contributed by atoms with Crippen LogP contribution in [0.15, 0.2) is 6.07 Å². The third kappa shape index (κ3) is 2.16. The third-order valence-electron chi connectivity index (χ3n) is 3.68. The normalized spacial score (nSPS) is 26.8. The zero-order valence-electron chi connectivity index (χ0n) is 9.74. The number of aryl methyl sites for hydroxylation is 1. The summed E-state index contributed by atoms with van der Waals surface area (Å²) in [5.41, 5.74) is 6.91. The van der Waals surface area contributed by atoms with Crippen LogP contribution in [0, 0.1) is 12.8 Å². The molecule has 0 aromatic carbocycles. The van der Waals surface area contributed by atoms with Crippen LogP contribution < -0.4 is 5.73 Å². The maximum Gasteiger partial charge on any atom is 0.145 e. The minimum absolute atomic E-state index is 0.588. The van der Waals surface area contributed by atoms with Crippen LogP contribution >= 0.6 is 0 Å². The van der Waals surface area contributed by atoms with Gasteiger partial charge in [0.2, 0.25) is 0 Å². The Hall–Kier alpha value is -0.990. The molecule has 1 aliphatic rings. The molecule has 0 spiro atoms. The molecular formula is C12H21N3. The lowest BCUT2D eigenvalue weighted by molar-refractivity contribution is 0.254. The van der Waals surface area contributed by atoms with Gasteiger partial charge in [-0.3, -0.25) is 4.68 Å². The second-order valence-corrected chi connectivity index (χ2v) is 4.74. The number of anilines is 1. The molecule has 3 heteroatoms. The van der Waals surface area contributed by atoms with Crippen molar-refractivity contribution >= 4 is 5.82 Å². The molecule has 0 bridgehead atoms. The molecule has 1 aliphatic carbocycles. The Bertz CT molecular complexity index is 322. The standard InChI is InChI=1S/C12H21N3/c1-3-10-4-6-11(7-5-10)15-9(2)8-12(13)14-15/h8,10-11H,3-7H2,1-2H3,(H2,13,14). The van der Waals surface area contributed by atoms with Crippen LogP contribution in [0.2, 0.25) is 0 Å². The van der Waals surface area contributed by atoms with E-state index in [1.807, 2.05) is 6.07 Å². The summed E-state index contributed by atoms with van der Waals surface area (Å²) in [5.74, 6) is 1.60. The fourth-order valence-electron chi connectivity index (χ4n) is 2.68. The van der Waals surface area contributed by atoms with E-state index in [-0.39, 0.29) is 0 Å². The van der Waals surface area contributed by atoms with E-state index in [0.717, 1.165) is 5.92 Å². The number of nitrogens with two attached hydrogens (primary N) is 1. The summed E-state index contributed by atoms with van der Waals surface area (Å²) in [5, 5.41) is 4.38. The number of nitrogen functional groups attached to an aromatic ring is 1. The van der Waals surface area contributed by atoms with Gasteiger partial charge in [-0.05, 0) is 38.5 Å². The van der Waals surface area contributed by atoms with Crippen molar-refractivity contribution < 1.29 is 0 Å². The van der Waals surface area contributed by atoms with Gasteiger partial charge in [-0.25, -0.2) is 0 Å². The van der Waals surface area contributed by atoms with Gasteiger partial charge in [0.25, 0.3) is 0 Å². The van der Waals surface area contributed by atoms with Gasteiger partial charge in [-0.2, -0.15) is 5.10 Å². The van der Waals surface area contributed by atoms with Crippen LogP contribution in [0.1, 0.15) is 50.8 Å². The predicted octanol–water partition coefficient (Wildman–Crippen LogP) is 2.92. The first-order valence-electron chi connectivity index (χ1n) is 6.02. The largest absolute Gasteiger partial charge is 0.382 e. The molecule has 15 heavy (non-hydrogen) atoms. The van der Waals surface area contributed by atoms with Gasteiger partial charge < -0.3 is 5.73 Å². The molecule has 0 aliphatic heterocycles. The number of hydrogen-bond donors (Lipinski definition) is 1. The Balaban J connectivity index is 2.04. The molecule has 0 saturated heterocycles. The van der Waals surface area contributed by atoms with Crippen molar-refractivity contribution in [2.45, 2.75) is 52.0 Å². The van der Waals surface area contributed by atoms with Crippen LogP contribution in [0.25, 0.3) is 0 Å². The second-order valence-electron chi connectivity index (χ2n) is 4.74. The first-order valence-corrected chi connectivity index (χ1v) is 6.02. The fraction of sp³-hybridized carbons (Fsp3) is 0.750. The molecule has 84 valence electrons. The Kier molecular flexibility index (Phi) is 2.98. The summed E-state index contributed by atoms with van der Waals surface area (Å²) in [7, 11) is 0. The number of nitrogens with zero attached hydrogens (tertiary/aromatic N) is 2. The lowest BCUT2D eigenvalue weighted by atomic mass is 9.84. The van der Waals surface area contributed by atoms with Gasteiger partial charge >= 0.3 is 0 Å². The molecule has 0 atom stereocenters. The smallest absolute Gasteiger partial charge is 0.145 e. The van der Waals surface area contributed by atoms with E-state index in [2.05, 4.69) is 23.6 Å². The van der Waals surface area contributed by atoms with E-state index in [4.69, 9.17) is 5.73 Å². The molecule has 1 aromatic heterocycles. The topological polar surface area (TPSA) is 43.8 Å². The Morgan fingerprint density at radius 2 is 2.07 bits per heavy atom. The van der Waals surface area contributed by atoms with Gasteiger partial charge in [0.15, 0.2) is 0 Å². The first kappa shape index (κ1) is 10.5. The second kappa shape index (κ2) is 4.25. The molecule has 3 nitrogen and oxygen atoms in total. The minimum Gasteiger partial charge on any atom is -0.382 e. The highest BCUT2D eigenvalue weighted by Gasteiger charge is 2.22. The van der Waals surface area contributed by atoms with Crippen LogP contribution in [-0.2, 0) is 0 Å². The van der Waals surface area contributed by atoms with Gasteiger partial charge in [-0.15, -0.1) is 0 Å². The molecule has 1 saturated carbocycles. The van der Waals surface area contributed by atoms with Crippen LogP contribution in [0.5, 0.6) is 0 Å². The lowest BCUT2D eigenvalue weighted by Gasteiger charge is -2.28. The average Bonchev–Trinajstić information content (AvgIpc) is 2.58. The fourth-order valence-corrected chi connectivity index (χ4v) is 2.68. The number of aromatic nitrogens is 2. The summed E-state index contributed by atoms with van der Waals surface area (Å²) in [6.45, 7) is 4.39. The molecule has 0 amide bonds. The molecule has 1 fully saturated rings. The zero-order valence-corrected chi connectivity index (χ0v) is 9.74. The monoisotopic (exact) mass is 207 g/mol. The summed E-state index contributed by atoms with van der Waals surface area (Å²) in [6, 6.07) is 2.55. The van der Waals surface area contributed by atoms with E-state index in [0.29, 0.717) is 11.9 Å². The predicted molar refractivity (Wildman–Crippen MR) is 62.7 cm³/mol. The van der Waals surface area contributed by atoms with Gasteiger partial charge in [-0.1, -0.05) is 13.3 Å². The van der Waals surface area contributed by atoms with Crippen molar-refractivity contribution in [3.8, 4) is 0 Å². The molecule has 2 N–H and O–H groups in total. The lowest BCUT2D eigenvalue weighted by Crippen LogP contribution is -2.19. The summed E-state index contributed by atoms with van der Waals surface area (Å²) < 4.78 is 2.13. The first-order chi connectivity index (χ1) is 7.20. The van der Waals surface area contributed by atoms with Gasteiger partial charge in [0.05, 0.1) is 6.04 Å². The molecule has 0 radical (unpaired) electrons. The number of hydrogen-bond acceptors (Lipinski definition) is 2. The van der Waals surface area contributed by atoms with Crippen LogP contribution in [0.3, 0.4) is 0 Å². The zero-order chi connectivity index (χ0) is 10.8. The van der Waals surface area contributed by atoms with Crippen molar-refractivity contribution in [2.75, 3.05) is 5.73 Å². The molecule has 1 aromatic rings. The van der Waals surface area contributed by atoms with Crippen molar-refractivity contribution in [3.63, 3.8) is 0 Å². The van der Waals surface area contributed by atoms with E-state index in [1.54, 1.807) is 0 Å². The summed E-state index contributed by atoms with van der Waals surface area (Å²) in [6.07, 6.45) is 6.55. The number of rotatable bonds is 2. The minimum atomic E-state index is 0.588. The molecule has 1 heterocycles. The molecule has 2 rings (SSSR count). The van der Waals surface area contributed by atoms with Crippen molar-refractivity contribution in [2.24, 2.45) is 5.92 Å². The maximum absolute atomic E-state index is 5.71. The van der Waals surface area contributed by atoms with E-state index in [1.165, 1.54) is 37.8 Å². The third-order valence-corrected chi connectivity index (χ3v) is 3.68. The van der Waals surface area contributed by atoms with Gasteiger partial charge in [0, 0.05) is 11.8 Å². The van der Waals surface area contributed by atoms with E-state index >= 15 is 0 Å². The molecule has 0 unspecified atom stereocenters. The highest BCUT2D eigenvalue weighted by Crippen LogP contribution is 2.34. The van der Waals surface area contributed by atoms with Crippen molar-refractivity contribution in [1.82, 2.24) is 9.78 Å². The molecular weight excluding hydrogens is 186 g/mol. The highest BCUT2D eigenvalue weighted by atomic mass is 15.3. The van der Waals surface area contributed by atoms with E-state index < -0.39 is 0 Å². The van der Waals surface area contributed by atoms with Crippen LogP contribution in [0.4, 0.5) is 5.82 Å². The highest BCUT2D eigenvalue weighted by molar-refractivity contribution is 5.29.